The van der Waals surface area contributed by atoms with E-state index < -0.39 is 0 Å². The predicted molar refractivity (Wildman–Crippen MR) is 47.3 cm³/mol. The van der Waals surface area contributed by atoms with Crippen molar-refractivity contribution < 1.29 is 0 Å². The minimum absolute atomic E-state index is 0.415. The van der Waals surface area contributed by atoms with Gasteiger partial charge in [0.2, 0.25) is 0 Å². The van der Waals surface area contributed by atoms with E-state index in [1.165, 1.54) is 0 Å². The molecule has 2 saturated heterocycles. The Kier molecular flexibility index (Phi) is 2.29. The summed E-state index contributed by atoms with van der Waals surface area (Å²) >= 11 is 0. The smallest absolute Gasteiger partial charge is 0.0789 e. The monoisotopic (exact) mass is 171 g/mol. The van der Waals surface area contributed by atoms with E-state index in [1.807, 2.05) is 0 Å². The van der Waals surface area contributed by atoms with Gasteiger partial charge in [0.05, 0.1) is 18.4 Å². The molecule has 3 unspecified atom stereocenters. The number of fused-ring (bicyclic) bond motifs is 1. The zero-order valence-corrected chi connectivity index (χ0v) is 7.59. The zero-order valence-electron chi connectivity index (χ0n) is 7.59. The van der Waals surface area contributed by atoms with Gasteiger partial charge < -0.3 is 0 Å². The number of hydrogen-bond donors (Lipinski definition) is 4. The van der Waals surface area contributed by atoms with Crippen molar-refractivity contribution in [1.29, 1.82) is 0 Å². The van der Waals surface area contributed by atoms with Crippen LogP contribution in [-0.2, 0) is 0 Å². The third-order valence-electron chi connectivity index (χ3n) is 2.55. The minimum atomic E-state index is 0.415. The van der Waals surface area contributed by atoms with Gasteiger partial charge in [0.15, 0.2) is 0 Å². The molecule has 3 atom stereocenters. The predicted octanol–water partition coefficient (Wildman–Crippen LogP) is -2.13. The van der Waals surface area contributed by atoms with E-state index in [2.05, 4.69) is 40.3 Å². The Bertz CT molecular complexity index is 160. The van der Waals surface area contributed by atoms with Gasteiger partial charge in [0.25, 0.3) is 0 Å². The Morgan fingerprint density at radius 2 is 1.67 bits per heavy atom. The lowest BCUT2D eigenvalue weighted by Crippen LogP contribution is -2.67. The second-order valence-corrected chi connectivity index (χ2v) is 3.58. The lowest BCUT2D eigenvalue weighted by molar-refractivity contribution is 0.142. The summed E-state index contributed by atoms with van der Waals surface area (Å²) < 4.78 is 0. The van der Waals surface area contributed by atoms with Crippen LogP contribution in [0.3, 0.4) is 0 Å². The fourth-order valence-corrected chi connectivity index (χ4v) is 1.93. The third-order valence-corrected chi connectivity index (χ3v) is 2.55. The fourth-order valence-electron chi connectivity index (χ4n) is 1.93. The van der Waals surface area contributed by atoms with Crippen LogP contribution >= 0.6 is 0 Å². The molecule has 2 fully saturated rings. The van der Waals surface area contributed by atoms with E-state index in [9.17, 15) is 0 Å². The van der Waals surface area contributed by atoms with Gasteiger partial charge in [0.1, 0.15) is 0 Å². The van der Waals surface area contributed by atoms with E-state index >= 15 is 0 Å². The summed E-state index contributed by atoms with van der Waals surface area (Å²) in [7, 11) is 4.19. The van der Waals surface area contributed by atoms with E-state index in [1.54, 1.807) is 0 Å². The first-order chi connectivity index (χ1) is 5.79. The highest BCUT2D eigenvalue weighted by Crippen LogP contribution is 2.07. The van der Waals surface area contributed by atoms with E-state index in [0.29, 0.717) is 18.4 Å². The molecule has 2 heterocycles. The SMILES string of the molecule is CN(C)C1NCNC2NCNC21. The number of nitrogens with one attached hydrogen (secondary N) is 4. The van der Waals surface area contributed by atoms with Crippen LogP contribution in [0.2, 0.25) is 0 Å². The van der Waals surface area contributed by atoms with Crippen molar-refractivity contribution in [3.8, 4) is 0 Å². The largest absolute Gasteiger partial charge is 0.296 e. The highest BCUT2D eigenvalue weighted by molar-refractivity contribution is 4.96. The third kappa shape index (κ3) is 1.34. The topological polar surface area (TPSA) is 51.4 Å². The van der Waals surface area contributed by atoms with Crippen molar-refractivity contribution in [2.45, 2.75) is 18.4 Å². The molecule has 0 bridgehead atoms. The fraction of sp³-hybridized carbons (Fsp3) is 1.00. The number of hydrogen-bond acceptors (Lipinski definition) is 5. The standard InChI is InChI=1S/C7H17N5/c1-12(2)7-5-6(9-3-8-5)10-4-11-7/h5-11H,3-4H2,1-2H3. The molecule has 0 radical (unpaired) electrons. The maximum absolute atomic E-state index is 3.41. The Morgan fingerprint density at radius 1 is 1.00 bits per heavy atom. The summed E-state index contributed by atoms with van der Waals surface area (Å²) in [6.07, 6.45) is 0.838. The molecule has 5 heteroatoms. The minimum Gasteiger partial charge on any atom is -0.296 e. The van der Waals surface area contributed by atoms with Crippen molar-refractivity contribution in [2.24, 2.45) is 0 Å². The maximum atomic E-state index is 3.41. The van der Waals surface area contributed by atoms with Gasteiger partial charge in [0, 0.05) is 13.3 Å². The van der Waals surface area contributed by atoms with Crippen LogP contribution < -0.4 is 21.3 Å². The van der Waals surface area contributed by atoms with Crippen LogP contribution in [0.15, 0.2) is 0 Å². The van der Waals surface area contributed by atoms with Crippen LogP contribution in [0.25, 0.3) is 0 Å². The van der Waals surface area contributed by atoms with Crippen LogP contribution in [-0.4, -0.2) is 50.7 Å². The molecule has 2 aliphatic rings. The average molecular weight is 171 g/mol. The van der Waals surface area contributed by atoms with Crippen molar-refractivity contribution in [2.75, 3.05) is 27.4 Å². The summed E-state index contributed by atoms with van der Waals surface area (Å²) in [5.74, 6) is 0. The van der Waals surface area contributed by atoms with Gasteiger partial charge in [-0.05, 0) is 14.1 Å². The van der Waals surface area contributed by atoms with E-state index in [4.69, 9.17) is 0 Å². The molecule has 5 nitrogen and oxygen atoms in total. The molecule has 12 heavy (non-hydrogen) atoms. The van der Waals surface area contributed by atoms with E-state index in [-0.39, 0.29) is 0 Å². The highest BCUT2D eigenvalue weighted by Gasteiger charge is 2.36. The summed E-state index contributed by atoms with van der Waals surface area (Å²) in [4.78, 5) is 2.21. The molecule has 0 aromatic heterocycles. The zero-order chi connectivity index (χ0) is 8.55. The molecular weight excluding hydrogens is 154 g/mol. The Morgan fingerprint density at radius 3 is 2.33 bits per heavy atom. The van der Waals surface area contributed by atoms with Crippen LogP contribution in [0.1, 0.15) is 0 Å². The number of rotatable bonds is 1. The Hall–Kier alpha value is -0.200. The molecule has 0 spiro atoms. The van der Waals surface area contributed by atoms with Gasteiger partial charge in [-0.3, -0.25) is 26.2 Å². The molecule has 0 amide bonds. The van der Waals surface area contributed by atoms with Crippen molar-refractivity contribution in [3.63, 3.8) is 0 Å². The first kappa shape index (κ1) is 8.40. The quantitative estimate of drug-likeness (QED) is 0.363. The average Bonchev–Trinajstić information content (AvgIpc) is 2.49. The van der Waals surface area contributed by atoms with Crippen LogP contribution in [0, 0.1) is 0 Å². The summed E-state index contributed by atoms with van der Waals surface area (Å²) in [5, 5.41) is 13.5. The summed E-state index contributed by atoms with van der Waals surface area (Å²) in [5.41, 5.74) is 0. The van der Waals surface area contributed by atoms with Gasteiger partial charge in [-0.2, -0.15) is 0 Å². The summed E-state index contributed by atoms with van der Waals surface area (Å²) in [6, 6.07) is 0.466. The molecule has 70 valence electrons. The lowest BCUT2D eigenvalue weighted by atomic mass is 10.1. The molecule has 0 saturated carbocycles. The Balaban J connectivity index is 2.03. The van der Waals surface area contributed by atoms with Crippen LogP contribution in [0.5, 0.6) is 0 Å². The maximum Gasteiger partial charge on any atom is 0.0789 e. The van der Waals surface area contributed by atoms with Crippen molar-refractivity contribution >= 4 is 0 Å². The molecule has 0 aromatic carbocycles. The van der Waals surface area contributed by atoms with Crippen molar-refractivity contribution in [1.82, 2.24) is 26.2 Å². The second-order valence-electron chi connectivity index (χ2n) is 3.58. The molecular formula is C7H17N5. The van der Waals surface area contributed by atoms with E-state index in [0.717, 1.165) is 13.3 Å². The van der Waals surface area contributed by atoms with Gasteiger partial charge >= 0.3 is 0 Å². The molecule has 0 aromatic rings. The number of nitrogens with zero attached hydrogens (tertiary/aromatic N) is 1. The first-order valence-corrected chi connectivity index (χ1v) is 4.39. The molecule has 4 N–H and O–H groups in total. The van der Waals surface area contributed by atoms with Crippen molar-refractivity contribution in [3.05, 3.63) is 0 Å². The van der Waals surface area contributed by atoms with Gasteiger partial charge in [-0.25, -0.2) is 0 Å². The molecule has 2 aliphatic heterocycles. The lowest BCUT2D eigenvalue weighted by Gasteiger charge is -2.38. The normalized spacial score (nSPS) is 41.8. The number of likely N-dealkylation sites (N-methyl/N-ethyl adjacent to an activating group) is 1. The van der Waals surface area contributed by atoms with Gasteiger partial charge in [-0.15, -0.1) is 0 Å². The summed E-state index contributed by atoms with van der Waals surface area (Å²) in [6.45, 7) is 1.77. The molecule has 0 aliphatic carbocycles. The van der Waals surface area contributed by atoms with Gasteiger partial charge in [-0.1, -0.05) is 0 Å². The first-order valence-electron chi connectivity index (χ1n) is 4.39. The second kappa shape index (κ2) is 3.27. The molecule has 2 rings (SSSR count). The highest BCUT2D eigenvalue weighted by atomic mass is 15.4. The van der Waals surface area contributed by atoms with Crippen LogP contribution in [0.4, 0.5) is 0 Å². The Labute approximate surface area is 72.9 Å².